The highest BCUT2D eigenvalue weighted by Crippen LogP contribution is 2.23. The first-order chi connectivity index (χ1) is 7.58. The average molecular weight is 222 g/mol. The first-order valence-corrected chi connectivity index (χ1v) is 5.29. The van der Waals surface area contributed by atoms with Crippen molar-refractivity contribution in [3.63, 3.8) is 0 Å². The lowest BCUT2D eigenvalue weighted by atomic mass is 10.0. The Bertz CT molecular complexity index is 383. The molecule has 0 atom stereocenters. The van der Waals surface area contributed by atoms with E-state index < -0.39 is 0 Å². The third-order valence-corrected chi connectivity index (χ3v) is 2.68. The summed E-state index contributed by atoms with van der Waals surface area (Å²) in [6.45, 7) is 4.02. The van der Waals surface area contributed by atoms with Gasteiger partial charge in [-0.05, 0) is 43.0 Å². The minimum absolute atomic E-state index is 0.173. The van der Waals surface area contributed by atoms with Crippen LogP contribution >= 0.6 is 0 Å². The van der Waals surface area contributed by atoms with Gasteiger partial charge in [-0.25, -0.2) is 0 Å². The lowest BCUT2D eigenvalue weighted by Crippen LogP contribution is -2.03. The number of rotatable bonds is 4. The number of benzene rings is 1. The van der Waals surface area contributed by atoms with Crippen LogP contribution in [0.2, 0.25) is 0 Å². The molecular weight excluding hydrogens is 204 g/mol. The van der Waals surface area contributed by atoms with Crippen molar-refractivity contribution in [1.82, 2.24) is 0 Å². The fourth-order valence-corrected chi connectivity index (χ4v) is 1.68. The summed E-state index contributed by atoms with van der Waals surface area (Å²) in [5.41, 5.74) is 3.41. The van der Waals surface area contributed by atoms with Gasteiger partial charge in [-0.1, -0.05) is 6.07 Å². The number of methoxy groups -OCH3 is 2. The molecule has 3 nitrogen and oxygen atoms in total. The molecule has 0 spiro atoms. The van der Waals surface area contributed by atoms with E-state index in [1.807, 2.05) is 19.9 Å². The van der Waals surface area contributed by atoms with Crippen molar-refractivity contribution in [1.29, 1.82) is 0 Å². The summed E-state index contributed by atoms with van der Waals surface area (Å²) in [6.07, 6.45) is 1.13. The highest BCUT2D eigenvalue weighted by atomic mass is 16.5. The molecule has 1 aromatic rings. The van der Waals surface area contributed by atoms with E-state index in [1.54, 1.807) is 7.11 Å². The summed E-state index contributed by atoms with van der Waals surface area (Å²) in [5, 5.41) is 0. The van der Waals surface area contributed by atoms with Crippen LogP contribution < -0.4 is 4.74 Å². The molecule has 1 aromatic carbocycles. The molecule has 0 amide bonds. The van der Waals surface area contributed by atoms with Crippen molar-refractivity contribution < 1.29 is 14.3 Å². The average Bonchev–Trinajstić information content (AvgIpc) is 2.29. The third kappa shape index (κ3) is 2.99. The number of hydrogen-bond donors (Lipinski definition) is 0. The molecule has 88 valence electrons. The third-order valence-electron chi connectivity index (χ3n) is 2.68. The number of carbonyl (C=O) groups excluding carboxylic acids is 1. The SMILES string of the molecule is COC(=O)CCc1cc(C)c(OC)cc1C. The van der Waals surface area contributed by atoms with E-state index in [0.29, 0.717) is 12.8 Å². The molecule has 0 heterocycles. The van der Waals surface area contributed by atoms with Crippen LogP contribution in [0.4, 0.5) is 0 Å². The van der Waals surface area contributed by atoms with E-state index in [-0.39, 0.29) is 5.97 Å². The van der Waals surface area contributed by atoms with E-state index in [4.69, 9.17) is 4.74 Å². The molecule has 3 heteroatoms. The van der Waals surface area contributed by atoms with Gasteiger partial charge in [-0.2, -0.15) is 0 Å². The van der Waals surface area contributed by atoms with Crippen LogP contribution in [0.15, 0.2) is 12.1 Å². The highest BCUT2D eigenvalue weighted by Gasteiger charge is 2.07. The van der Waals surface area contributed by atoms with Crippen molar-refractivity contribution in [2.24, 2.45) is 0 Å². The smallest absolute Gasteiger partial charge is 0.305 e. The molecular formula is C13H18O3. The Morgan fingerprint density at radius 3 is 2.44 bits per heavy atom. The number of hydrogen-bond acceptors (Lipinski definition) is 3. The molecule has 0 fully saturated rings. The minimum Gasteiger partial charge on any atom is -0.496 e. The minimum atomic E-state index is -0.173. The van der Waals surface area contributed by atoms with Crippen LogP contribution in [-0.2, 0) is 16.0 Å². The molecule has 0 saturated heterocycles. The second kappa shape index (κ2) is 5.54. The molecule has 1 rings (SSSR count). The number of carbonyl (C=O) groups is 1. The van der Waals surface area contributed by atoms with E-state index >= 15 is 0 Å². The Morgan fingerprint density at radius 2 is 1.88 bits per heavy atom. The first kappa shape index (κ1) is 12.6. The zero-order valence-corrected chi connectivity index (χ0v) is 10.3. The maximum absolute atomic E-state index is 11.1. The van der Waals surface area contributed by atoms with Crippen molar-refractivity contribution >= 4 is 5.97 Å². The Labute approximate surface area is 96.4 Å². The van der Waals surface area contributed by atoms with E-state index in [2.05, 4.69) is 10.8 Å². The first-order valence-electron chi connectivity index (χ1n) is 5.29. The number of aryl methyl sites for hydroxylation is 3. The number of esters is 1. The van der Waals surface area contributed by atoms with Crippen molar-refractivity contribution in [3.05, 3.63) is 28.8 Å². The molecule has 0 aliphatic carbocycles. The quantitative estimate of drug-likeness (QED) is 0.734. The second-order valence-electron chi connectivity index (χ2n) is 3.82. The Kier molecular flexibility index (Phi) is 4.35. The van der Waals surface area contributed by atoms with Gasteiger partial charge in [-0.15, -0.1) is 0 Å². The second-order valence-corrected chi connectivity index (χ2v) is 3.82. The molecule has 0 aliphatic rings. The summed E-state index contributed by atoms with van der Waals surface area (Å²) in [5.74, 6) is 0.715. The summed E-state index contributed by atoms with van der Waals surface area (Å²) in [4.78, 5) is 11.1. The molecule has 0 saturated carbocycles. The largest absolute Gasteiger partial charge is 0.496 e. The maximum Gasteiger partial charge on any atom is 0.305 e. The summed E-state index contributed by atoms with van der Waals surface area (Å²) in [6, 6.07) is 4.07. The fraction of sp³-hybridized carbons (Fsp3) is 0.462. The molecule has 0 radical (unpaired) electrons. The molecule has 0 bridgehead atoms. The van der Waals surface area contributed by atoms with E-state index in [0.717, 1.165) is 16.9 Å². The van der Waals surface area contributed by atoms with Crippen LogP contribution in [0.25, 0.3) is 0 Å². The van der Waals surface area contributed by atoms with Crippen molar-refractivity contribution in [3.8, 4) is 5.75 Å². The van der Waals surface area contributed by atoms with Gasteiger partial charge >= 0.3 is 5.97 Å². The van der Waals surface area contributed by atoms with Gasteiger partial charge < -0.3 is 9.47 Å². The molecule has 0 N–H and O–H groups in total. The maximum atomic E-state index is 11.1. The zero-order valence-electron chi connectivity index (χ0n) is 10.3. The fourth-order valence-electron chi connectivity index (χ4n) is 1.68. The Balaban J connectivity index is 2.81. The van der Waals surface area contributed by atoms with Crippen molar-refractivity contribution in [2.75, 3.05) is 14.2 Å². The van der Waals surface area contributed by atoms with E-state index in [9.17, 15) is 4.79 Å². The van der Waals surface area contributed by atoms with Gasteiger partial charge in [0.2, 0.25) is 0 Å². The summed E-state index contributed by atoms with van der Waals surface area (Å²) < 4.78 is 9.86. The molecule has 16 heavy (non-hydrogen) atoms. The van der Waals surface area contributed by atoms with Crippen LogP contribution in [0.1, 0.15) is 23.1 Å². The van der Waals surface area contributed by atoms with Gasteiger partial charge in [-0.3, -0.25) is 4.79 Å². The van der Waals surface area contributed by atoms with Crippen LogP contribution in [-0.4, -0.2) is 20.2 Å². The molecule has 0 aliphatic heterocycles. The van der Waals surface area contributed by atoms with Gasteiger partial charge in [0.1, 0.15) is 5.75 Å². The van der Waals surface area contributed by atoms with E-state index in [1.165, 1.54) is 12.7 Å². The number of ether oxygens (including phenoxy) is 2. The normalized spacial score (nSPS) is 10.0. The molecule has 0 aromatic heterocycles. The zero-order chi connectivity index (χ0) is 12.1. The van der Waals surface area contributed by atoms with Gasteiger partial charge in [0.25, 0.3) is 0 Å². The highest BCUT2D eigenvalue weighted by molar-refractivity contribution is 5.69. The monoisotopic (exact) mass is 222 g/mol. The Morgan fingerprint density at radius 1 is 1.19 bits per heavy atom. The van der Waals surface area contributed by atoms with Crippen molar-refractivity contribution in [2.45, 2.75) is 26.7 Å². The Hall–Kier alpha value is -1.51. The van der Waals surface area contributed by atoms with Crippen LogP contribution in [0, 0.1) is 13.8 Å². The lowest BCUT2D eigenvalue weighted by molar-refractivity contribution is -0.140. The molecule has 0 unspecified atom stereocenters. The standard InChI is InChI=1S/C13H18O3/c1-9-8-12(15-3)10(2)7-11(9)5-6-13(14)16-4/h7-8H,5-6H2,1-4H3. The van der Waals surface area contributed by atoms with Crippen LogP contribution in [0.5, 0.6) is 5.75 Å². The predicted molar refractivity (Wildman–Crippen MR) is 62.8 cm³/mol. The topological polar surface area (TPSA) is 35.5 Å². The predicted octanol–water partition coefficient (Wildman–Crippen LogP) is 2.42. The lowest BCUT2D eigenvalue weighted by Gasteiger charge is -2.10. The van der Waals surface area contributed by atoms with Gasteiger partial charge in [0, 0.05) is 6.42 Å². The van der Waals surface area contributed by atoms with Gasteiger partial charge in [0.05, 0.1) is 14.2 Å². The summed E-state index contributed by atoms with van der Waals surface area (Å²) >= 11 is 0. The van der Waals surface area contributed by atoms with Crippen LogP contribution in [0.3, 0.4) is 0 Å². The summed E-state index contributed by atoms with van der Waals surface area (Å²) in [7, 11) is 3.07. The van der Waals surface area contributed by atoms with Gasteiger partial charge in [0.15, 0.2) is 0 Å².